The molecule has 3 heteroatoms. The first-order chi connectivity index (χ1) is 6.18. The summed E-state index contributed by atoms with van der Waals surface area (Å²) in [5.74, 6) is 0. The Morgan fingerprint density at radius 1 is 1.54 bits per heavy atom. The van der Waals surface area contributed by atoms with Gasteiger partial charge in [0.15, 0.2) is 0 Å². The van der Waals surface area contributed by atoms with Crippen LogP contribution >= 0.6 is 0 Å². The van der Waals surface area contributed by atoms with Gasteiger partial charge in [-0.1, -0.05) is 0 Å². The minimum atomic E-state index is -0.0917. The lowest BCUT2D eigenvalue weighted by Crippen LogP contribution is -2.24. The molecule has 3 nitrogen and oxygen atoms in total. The molecule has 0 aromatic heterocycles. The van der Waals surface area contributed by atoms with E-state index in [1.807, 2.05) is 0 Å². The molecule has 1 unspecified atom stereocenters. The van der Waals surface area contributed by atoms with Crippen LogP contribution in [0.4, 0.5) is 0 Å². The number of β-amino-alcohol motifs (C(OH)–C–C–N with tert-alkyl or cyclic N) is 1. The van der Waals surface area contributed by atoms with E-state index < -0.39 is 0 Å². The largest absolute Gasteiger partial charge is 0.392 e. The van der Waals surface area contributed by atoms with E-state index >= 15 is 0 Å². The molecule has 1 aliphatic heterocycles. The van der Waals surface area contributed by atoms with E-state index in [1.54, 1.807) is 0 Å². The Morgan fingerprint density at radius 3 is 2.85 bits per heavy atom. The Bertz CT molecular complexity index is 139. The van der Waals surface area contributed by atoms with Crippen molar-refractivity contribution in [1.82, 2.24) is 4.90 Å². The molecule has 1 heterocycles. The maximum absolute atomic E-state index is 9.27. The number of rotatable bonds is 5. The minimum absolute atomic E-state index is 0.0917. The van der Waals surface area contributed by atoms with Crippen LogP contribution in [-0.4, -0.2) is 48.5 Å². The van der Waals surface area contributed by atoms with Crippen LogP contribution in [0.2, 0.25) is 0 Å². The molecule has 1 saturated heterocycles. The molecule has 1 atom stereocenters. The standard InChI is InChI=1S/C10H21NO2/c1-9(2)13-7-3-5-11-6-4-10(12)8-11/h9-10,12H,3-8H2,1-2H3. The van der Waals surface area contributed by atoms with E-state index in [0.717, 1.165) is 39.1 Å². The van der Waals surface area contributed by atoms with Gasteiger partial charge in [-0.25, -0.2) is 0 Å². The lowest BCUT2D eigenvalue weighted by molar-refractivity contribution is 0.0709. The lowest BCUT2D eigenvalue weighted by atomic mass is 10.3. The molecule has 1 fully saturated rings. The Morgan fingerprint density at radius 2 is 2.31 bits per heavy atom. The van der Waals surface area contributed by atoms with Gasteiger partial charge < -0.3 is 14.7 Å². The van der Waals surface area contributed by atoms with Crippen LogP contribution in [0.1, 0.15) is 26.7 Å². The number of hydrogen-bond acceptors (Lipinski definition) is 3. The highest BCUT2D eigenvalue weighted by molar-refractivity contribution is 4.73. The zero-order chi connectivity index (χ0) is 9.68. The third kappa shape index (κ3) is 4.60. The molecular formula is C10H21NO2. The first kappa shape index (κ1) is 11.0. The summed E-state index contributed by atoms with van der Waals surface area (Å²) >= 11 is 0. The Labute approximate surface area is 80.7 Å². The molecule has 0 bridgehead atoms. The number of nitrogens with zero attached hydrogens (tertiary/aromatic N) is 1. The second-order valence-electron chi connectivity index (χ2n) is 4.02. The molecule has 0 spiro atoms. The van der Waals surface area contributed by atoms with E-state index in [9.17, 15) is 5.11 Å². The Hall–Kier alpha value is -0.120. The van der Waals surface area contributed by atoms with Crippen LogP contribution < -0.4 is 0 Å². The molecule has 1 aliphatic rings. The zero-order valence-electron chi connectivity index (χ0n) is 8.70. The Kier molecular flexibility index (Phi) is 4.70. The summed E-state index contributed by atoms with van der Waals surface area (Å²) in [4.78, 5) is 2.30. The van der Waals surface area contributed by atoms with Gasteiger partial charge in [0.25, 0.3) is 0 Å². The number of ether oxygens (including phenoxy) is 1. The average Bonchev–Trinajstić information content (AvgIpc) is 2.45. The van der Waals surface area contributed by atoms with Crippen LogP contribution in [0.15, 0.2) is 0 Å². The smallest absolute Gasteiger partial charge is 0.0679 e. The highest BCUT2D eigenvalue weighted by Crippen LogP contribution is 2.08. The van der Waals surface area contributed by atoms with Crippen molar-refractivity contribution in [2.24, 2.45) is 0 Å². The molecule has 0 aliphatic carbocycles. The predicted octanol–water partition coefficient (Wildman–Crippen LogP) is 0.868. The fourth-order valence-electron chi connectivity index (χ4n) is 1.62. The maximum atomic E-state index is 9.27. The quantitative estimate of drug-likeness (QED) is 0.648. The zero-order valence-corrected chi connectivity index (χ0v) is 8.70. The monoisotopic (exact) mass is 187 g/mol. The maximum Gasteiger partial charge on any atom is 0.0679 e. The van der Waals surface area contributed by atoms with Crippen LogP contribution in [0.25, 0.3) is 0 Å². The van der Waals surface area contributed by atoms with Crippen LogP contribution in [0.5, 0.6) is 0 Å². The van der Waals surface area contributed by atoms with Crippen molar-refractivity contribution in [2.45, 2.75) is 38.9 Å². The van der Waals surface area contributed by atoms with Gasteiger partial charge in [-0.3, -0.25) is 0 Å². The third-order valence-electron chi connectivity index (χ3n) is 2.32. The van der Waals surface area contributed by atoms with Crippen LogP contribution in [-0.2, 0) is 4.74 Å². The van der Waals surface area contributed by atoms with Crippen molar-refractivity contribution < 1.29 is 9.84 Å². The highest BCUT2D eigenvalue weighted by Gasteiger charge is 2.18. The second-order valence-corrected chi connectivity index (χ2v) is 4.02. The molecule has 1 N–H and O–H groups in total. The molecule has 1 rings (SSSR count). The van der Waals surface area contributed by atoms with E-state index in [4.69, 9.17) is 4.74 Å². The fraction of sp³-hybridized carbons (Fsp3) is 1.00. The van der Waals surface area contributed by atoms with E-state index in [-0.39, 0.29) is 6.10 Å². The number of hydrogen-bond donors (Lipinski definition) is 1. The van der Waals surface area contributed by atoms with Crippen molar-refractivity contribution in [1.29, 1.82) is 0 Å². The van der Waals surface area contributed by atoms with Crippen LogP contribution in [0.3, 0.4) is 0 Å². The summed E-state index contributed by atoms with van der Waals surface area (Å²) < 4.78 is 5.44. The molecular weight excluding hydrogens is 166 g/mol. The summed E-state index contributed by atoms with van der Waals surface area (Å²) in [6.07, 6.45) is 2.26. The summed E-state index contributed by atoms with van der Waals surface area (Å²) in [7, 11) is 0. The first-order valence-electron chi connectivity index (χ1n) is 5.20. The van der Waals surface area contributed by atoms with Gasteiger partial charge in [0.1, 0.15) is 0 Å². The summed E-state index contributed by atoms with van der Waals surface area (Å²) in [5.41, 5.74) is 0. The summed E-state index contributed by atoms with van der Waals surface area (Å²) in [5, 5.41) is 9.27. The molecule has 0 radical (unpaired) electrons. The van der Waals surface area contributed by atoms with Crippen LogP contribution in [0, 0.1) is 0 Å². The minimum Gasteiger partial charge on any atom is -0.392 e. The van der Waals surface area contributed by atoms with Gasteiger partial charge in [-0.15, -0.1) is 0 Å². The normalized spacial score (nSPS) is 24.5. The van der Waals surface area contributed by atoms with Crippen molar-refractivity contribution >= 4 is 0 Å². The van der Waals surface area contributed by atoms with E-state index in [1.165, 1.54) is 0 Å². The topological polar surface area (TPSA) is 32.7 Å². The molecule has 0 aromatic rings. The van der Waals surface area contributed by atoms with Gasteiger partial charge in [-0.05, 0) is 26.7 Å². The SMILES string of the molecule is CC(C)OCCCN1CCC(O)C1. The van der Waals surface area contributed by atoms with Gasteiger partial charge in [0.2, 0.25) is 0 Å². The van der Waals surface area contributed by atoms with Gasteiger partial charge in [0, 0.05) is 26.2 Å². The number of aliphatic hydroxyl groups excluding tert-OH is 1. The molecule has 0 amide bonds. The summed E-state index contributed by atoms with van der Waals surface area (Å²) in [6.45, 7) is 7.90. The molecule has 78 valence electrons. The van der Waals surface area contributed by atoms with E-state index in [2.05, 4.69) is 18.7 Å². The lowest BCUT2D eigenvalue weighted by Gasteiger charge is -2.15. The van der Waals surface area contributed by atoms with Gasteiger partial charge in [0.05, 0.1) is 12.2 Å². The van der Waals surface area contributed by atoms with Crippen molar-refractivity contribution in [3.63, 3.8) is 0 Å². The van der Waals surface area contributed by atoms with Gasteiger partial charge >= 0.3 is 0 Å². The third-order valence-corrected chi connectivity index (χ3v) is 2.32. The van der Waals surface area contributed by atoms with E-state index in [0.29, 0.717) is 6.10 Å². The molecule has 0 saturated carbocycles. The number of aliphatic hydroxyl groups is 1. The Balaban J connectivity index is 1.94. The van der Waals surface area contributed by atoms with Crippen molar-refractivity contribution in [3.05, 3.63) is 0 Å². The second kappa shape index (κ2) is 5.58. The van der Waals surface area contributed by atoms with Crippen molar-refractivity contribution in [3.8, 4) is 0 Å². The molecule has 13 heavy (non-hydrogen) atoms. The van der Waals surface area contributed by atoms with Gasteiger partial charge in [-0.2, -0.15) is 0 Å². The highest BCUT2D eigenvalue weighted by atomic mass is 16.5. The number of likely N-dealkylation sites (tertiary alicyclic amines) is 1. The van der Waals surface area contributed by atoms with Crippen molar-refractivity contribution in [2.75, 3.05) is 26.2 Å². The summed E-state index contributed by atoms with van der Waals surface area (Å²) in [6, 6.07) is 0. The molecule has 0 aromatic carbocycles. The average molecular weight is 187 g/mol. The fourth-order valence-corrected chi connectivity index (χ4v) is 1.62. The predicted molar refractivity (Wildman–Crippen MR) is 52.8 cm³/mol. The first-order valence-corrected chi connectivity index (χ1v) is 5.20.